The van der Waals surface area contributed by atoms with Gasteiger partial charge < -0.3 is 18.9 Å². The van der Waals surface area contributed by atoms with Crippen molar-refractivity contribution >= 4 is 11.7 Å². The molecule has 0 unspecified atom stereocenters. The summed E-state index contributed by atoms with van der Waals surface area (Å²) in [6.45, 7) is 0.600. The third-order valence-electron chi connectivity index (χ3n) is 3.60. The molecule has 24 heavy (non-hydrogen) atoms. The first-order valence-corrected chi connectivity index (χ1v) is 7.46. The highest BCUT2D eigenvalue weighted by Crippen LogP contribution is 2.37. The van der Waals surface area contributed by atoms with Crippen LogP contribution in [0.2, 0.25) is 0 Å². The van der Waals surface area contributed by atoms with Crippen LogP contribution in [-0.4, -0.2) is 44.9 Å². The van der Waals surface area contributed by atoms with Crippen LogP contribution in [0.5, 0.6) is 23.0 Å². The van der Waals surface area contributed by atoms with Crippen molar-refractivity contribution in [3.8, 4) is 23.0 Å². The van der Waals surface area contributed by atoms with Gasteiger partial charge in [-0.3, -0.25) is 9.69 Å². The number of anilines is 1. The summed E-state index contributed by atoms with van der Waals surface area (Å²) in [6.07, 6.45) is 1.62. The van der Waals surface area contributed by atoms with Crippen molar-refractivity contribution in [2.75, 3.05) is 38.9 Å². The number of carbonyl (C=O) groups excluding carboxylic acids is 1. The van der Waals surface area contributed by atoms with Gasteiger partial charge in [-0.05, 0) is 24.3 Å². The maximum absolute atomic E-state index is 12.1. The summed E-state index contributed by atoms with van der Waals surface area (Å²) in [6, 6.07) is 8.94. The van der Waals surface area contributed by atoms with Crippen molar-refractivity contribution in [1.82, 2.24) is 4.98 Å². The number of ether oxygens (including phenoxy) is 4. The Balaban J connectivity index is 1.72. The largest absolute Gasteiger partial charge is 0.493 e. The highest BCUT2D eigenvalue weighted by Gasteiger charge is 2.26. The SMILES string of the molecule is COc1cccc(OC)c1OCCN1C(=O)COc2cccnc21. The van der Waals surface area contributed by atoms with E-state index in [0.717, 1.165) is 0 Å². The molecule has 126 valence electrons. The van der Waals surface area contributed by atoms with Gasteiger partial charge in [-0.25, -0.2) is 4.98 Å². The first kappa shape index (κ1) is 15.9. The number of nitrogens with zero attached hydrogens (tertiary/aromatic N) is 2. The number of hydrogen-bond donors (Lipinski definition) is 0. The minimum absolute atomic E-state index is 0.00330. The van der Waals surface area contributed by atoms with Gasteiger partial charge in [0.15, 0.2) is 29.7 Å². The number of rotatable bonds is 6. The van der Waals surface area contributed by atoms with Crippen LogP contribution in [0.3, 0.4) is 0 Å². The molecule has 1 aliphatic heterocycles. The molecule has 0 atom stereocenters. The van der Waals surface area contributed by atoms with Crippen LogP contribution < -0.4 is 23.8 Å². The van der Waals surface area contributed by atoms with Crippen LogP contribution in [0.4, 0.5) is 5.82 Å². The Morgan fingerprint density at radius 3 is 2.62 bits per heavy atom. The predicted molar refractivity (Wildman–Crippen MR) is 87.1 cm³/mol. The van der Waals surface area contributed by atoms with Crippen LogP contribution >= 0.6 is 0 Å². The average Bonchev–Trinajstić information content (AvgIpc) is 2.63. The fraction of sp³-hybridized carbons (Fsp3) is 0.294. The normalized spacial score (nSPS) is 13.1. The highest BCUT2D eigenvalue weighted by atomic mass is 16.5. The third kappa shape index (κ3) is 3.05. The van der Waals surface area contributed by atoms with Crippen molar-refractivity contribution in [3.05, 3.63) is 36.5 Å². The van der Waals surface area contributed by atoms with Crippen molar-refractivity contribution in [1.29, 1.82) is 0 Å². The predicted octanol–water partition coefficient (Wildman–Crippen LogP) is 1.90. The Bertz CT molecular complexity index is 712. The lowest BCUT2D eigenvalue weighted by atomic mass is 10.3. The van der Waals surface area contributed by atoms with Crippen LogP contribution in [-0.2, 0) is 4.79 Å². The number of pyridine rings is 1. The number of benzene rings is 1. The van der Waals surface area contributed by atoms with Gasteiger partial charge in [0.25, 0.3) is 5.91 Å². The molecule has 1 amide bonds. The van der Waals surface area contributed by atoms with Crippen LogP contribution in [0.25, 0.3) is 0 Å². The Kier molecular flexibility index (Phi) is 4.69. The van der Waals surface area contributed by atoms with Gasteiger partial charge in [0, 0.05) is 6.20 Å². The van der Waals surface area contributed by atoms with E-state index in [1.807, 2.05) is 6.07 Å². The molecular weight excluding hydrogens is 312 g/mol. The molecule has 0 radical (unpaired) electrons. The lowest BCUT2D eigenvalue weighted by molar-refractivity contribution is -0.121. The van der Waals surface area contributed by atoms with Crippen molar-refractivity contribution in [2.24, 2.45) is 0 Å². The summed E-state index contributed by atoms with van der Waals surface area (Å²) in [5, 5.41) is 0. The second kappa shape index (κ2) is 7.08. The Morgan fingerprint density at radius 2 is 1.92 bits per heavy atom. The molecular formula is C17H18N2O5. The van der Waals surface area contributed by atoms with E-state index in [1.54, 1.807) is 49.6 Å². The molecule has 0 bridgehead atoms. The molecule has 0 spiro atoms. The van der Waals surface area contributed by atoms with Gasteiger partial charge >= 0.3 is 0 Å². The van der Waals surface area contributed by atoms with E-state index in [9.17, 15) is 4.79 Å². The molecule has 0 N–H and O–H groups in total. The fourth-order valence-corrected chi connectivity index (χ4v) is 2.46. The molecule has 2 aromatic rings. The molecule has 2 heterocycles. The first-order valence-electron chi connectivity index (χ1n) is 7.46. The van der Waals surface area contributed by atoms with Gasteiger partial charge in [-0.2, -0.15) is 0 Å². The van der Waals surface area contributed by atoms with E-state index in [-0.39, 0.29) is 19.1 Å². The number of carbonyl (C=O) groups is 1. The summed E-state index contributed by atoms with van der Waals surface area (Å²) >= 11 is 0. The summed E-state index contributed by atoms with van der Waals surface area (Å²) in [5.41, 5.74) is 0. The lowest BCUT2D eigenvalue weighted by Gasteiger charge is -2.28. The van der Waals surface area contributed by atoms with Crippen LogP contribution in [0, 0.1) is 0 Å². The minimum Gasteiger partial charge on any atom is -0.493 e. The summed E-state index contributed by atoms with van der Waals surface area (Å²) < 4.78 is 21.8. The van der Waals surface area contributed by atoms with E-state index >= 15 is 0 Å². The van der Waals surface area contributed by atoms with E-state index in [2.05, 4.69) is 4.98 Å². The standard InChI is InChI=1S/C17H18N2O5/c1-21-12-5-3-6-13(22-2)16(12)23-10-9-19-15(20)11-24-14-7-4-8-18-17(14)19/h3-8H,9-11H2,1-2H3. The molecule has 7 nitrogen and oxygen atoms in total. The average molecular weight is 330 g/mol. The molecule has 0 saturated carbocycles. The molecule has 0 saturated heterocycles. The van der Waals surface area contributed by atoms with Crippen molar-refractivity contribution in [3.63, 3.8) is 0 Å². The summed E-state index contributed by atoms with van der Waals surface area (Å²) in [4.78, 5) is 17.9. The smallest absolute Gasteiger partial charge is 0.266 e. The molecule has 1 aromatic heterocycles. The van der Waals surface area contributed by atoms with Gasteiger partial charge in [0.1, 0.15) is 6.61 Å². The van der Waals surface area contributed by atoms with E-state index < -0.39 is 0 Å². The quantitative estimate of drug-likeness (QED) is 0.806. The monoisotopic (exact) mass is 330 g/mol. The van der Waals surface area contributed by atoms with Crippen LogP contribution in [0.1, 0.15) is 0 Å². The Morgan fingerprint density at radius 1 is 1.17 bits per heavy atom. The zero-order chi connectivity index (χ0) is 16.9. The summed E-state index contributed by atoms with van der Waals surface area (Å²) in [5.74, 6) is 2.58. The topological polar surface area (TPSA) is 70.1 Å². The van der Waals surface area contributed by atoms with E-state index in [1.165, 1.54) is 0 Å². The first-order chi connectivity index (χ1) is 11.7. The number of para-hydroxylation sites is 1. The van der Waals surface area contributed by atoms with Crippen LogP contribution in [0.15, 0.2) is 36.5 Å². The molecule has 0 aliphatic carbocycles. The van der Waals surface area contributed by atoms with E-state index in [4.69, 9.17) is 18.9 Å². The Hall–Kier alpha value is -2.96. The third-order valence-corrected chi connectivity index (χ3v) is 3.60. The number of hydrogen-bond acceptors (Lipinski definition) is 6. The zero-order valence-corrected chi connectivity index (χ0v) is 13.5. The fourth-order valence-electron chi connectivity index (χ4n) is 2.46. The molecule has 3 rings (SSSR count). The highest BCUT2D eigenvalue weighted by molar-refractivity contribution is 5.96. The molecule has 1 aliphatic rings. The summed E-state index contributed by atoms with van der Waals surface area (Å²) in [7, 11) is 3.13. The van der Waals surface area contributed by atoms with Gasteiger partial charge in [0.2, 0.25) is 5.75 Å². The zero-order valence-electron chi connectivity index (χ0n) is 13.5. The number of fused-ring (bicyclic) bond motifs is 1. The molecule has 7 heteroatoms. The van der Waals surface area contributed by atoms with Gasteiger partial charge in [0.05, 0.1) is 20.8 Å². The van der Waals surface area contributed by atoms with Gasteiger partial charge in [-0.15, -0.1) is 0 Å². The second-order valence-corrected chi connectivity index (χ2v) is 5.00. The Labute approximate surface area is 139 Å². The van der Waals surface area contributed by atoms with E-state index in [0.29, 0.717) is 35.4 Å². The minimum atomic E-state index is -0.156. The van der Waals surface area contributed by atoms with Gasteiger partial charge in [-0.1, -0.05) is 6.07 Å². The number of amides is 1. The maximum atomic E-state index is 12.1. The number of methoxy groups -OCH3 is 2. The molecule has 1 aromatic carbocycles. The van der Waals surface area contributed by atoms with Crippen molar-refractivity contribution < 1.29 is 23.7 Å². The van der Waals surface area contributed by atoms with Crippen molar-refractivity contribution in [2.45, 2.75) is 0 Å². The maximum Gasteiger partial charge on any atom is 0.266 e. The number of aromatic nitrogens is 1. The second-order valence-electron chi connectivity index (χ2n) is 5.00. The molecule has 0 fully saturated rings. The lowest BCUT2D eigenvalue weighted by Crippen LogP contribution is -2.41.